The highest BCUT2D eigenvalue weighted by atomic mass is 35.5. The quantitative estimate of drug-likeness (QED) is 0.790. The number of hydrogen-bond donors (Lipinski definition) is 1. The van der Waals surface area contributed by atoms with Crippen molar-refractivity contribution in [1.29, 1.82) is 0 Å². The Morgan fingerprint density at radius 3 is 2.65 bits per heavy atom. The van der Waals surface area contributed by atoms with Gasteiger partial charge in [0.05, 0.1) is 5.69 Å². The van der Waals surface area contributed by atoms with Gasteiger partial charge in [-0.2, -0.15) is 4.98 Å². The highest BCUT2D eigenvalue weighted by molar-refractivity contribution is 6.30. The molecule has 0 saturated carbocycles. The summed E-state index contributed by atoms with van der Waals surface area (Å²) in [5, 5.41) is 4.93. The van der Waals surface area contributed by atoms with Crippen molar-refractivity contribution in [2.24, 2.45) is 0 Å². The SMILES string of the molecule is CN(C)/C=C/c1nc2c(c(N)nn2-c2ccc(Cl)cc2)c(=O)o1. The monoisotopic (exact) mass is 331 g/mol. The minimum absolute atomic E-state index is 0.0688. The fourth-order valence-corrected chi connectivity index (χ4v) is 2.17. The van der Waals surface area contributed by atoms with Crippen LogP contribution in [0.1, 0.15) is 5.89 Å². The summed E-state index contributed by atoms with van der Waals surface area (Å²) in [5.41, 5.74) is 6.28. The van der Waals surface area contributed by atoms with Crippen molar-refractivity contribution < 1.29 is 4.42 Å². The van der Waals surface area contributed by atoms with Crippen LogP contribution in [0, 0.1) is 0 Å². The van der Waals surface area contributed by atoms with Crippen LogP contribution in [-0.2, 0) is 0 Å². The second-order valence-corrected chi connectivity index (χ2v) is 5.53. The third kappa shape index (κ3) is 2.91. The lowest BCUT2D eigenvalue weighted by Crippen LogP contribution is -2.06. The van der Waals surface area contributed by atoms with E-state index in [2.05, 4.69) is 10.1 Å². The summed E-state index contributed by atoms with van der Waals surface area (Å²) in [7, 11) is 3.70. The van der Waals surface area contributed by atoms with Crippen molar-refractivity contribution >= 4 is 34.5 Å². The highest BCUT2D eigenvalue weighted by Gasteiger charge is 2.17. The van der Waals surface area contributed by atoms with Crippen LogP contribution in [0.4, 0.5) is 5.82 Å². The van der Waals surface area contributed by atoms with E-state index in [1.165, 1.54) is 4.68 Å². The number of aromatic nitrogens is 3. The Kier molecular flexibility index (Phi) is 3.79. The van der Waals surface area contributed by atoms with Crippen molar-refractivity contribution in [3.63, 3.8) is 0 Å². The molecule has 3 rings (SSSR count). The molecule has 0 aliphatic heterocycles. The molecule has 0 amide bonds. The van der Waals surface area contributed by atoms with Crippen LogP contribution in [0.15, 0.2) is 39.7 Å². The molecule has 118 valence electrons. The first-order valence-electron chi connectivity index (χ1n) is 6.75. The average molecular weight is 332 g/mol. The van der Waals surface area contributed by atoms with Crippen LogP contribution in [0.5, 0.6) is 0 Å². The van der Waals surface area contributed by atoms with Gasteiger partial charge in [0, 0.05) is 31.4 Å². The van der Waals surface area contributed by atoms with E-state index in [4.69, 9.17) is 21.8 Å². The highest BCUT2D eigenvalue weighted by Crippen LogP contribution is 2.21. The largest absolute Gasteiger partial charge is 0.404 e. The summed E-state index contributed by atoms with van der Waals surface area (Å²) >= 11 is 5.90. The minimum atomic E-state index is -0.578. The molecule has 1 aromatic carbocycles. The number of fused-ring (bicyclic) bond motifs is 1. The van der Waals surface area contributed by atoms with Crippen LogP contribution in [-0.4, -0.2) is 33.8 Å². The lowest BCUT2D eigenvalue weighted by molar-refractivity contribution is 0.487. The Bertz CT molecular complexity index is 941. The lowest BCUT2D eigenvalue weighted by Gasteiger charge is -2.04. The summed E-state index contributed by atoms with van der Waals surface area (Å²) in [6.45, 7) is 0. The zero-order valence-corrected chi connectivity index (χ0v) is 13.3. The molecule has 0 bridgehead atoms. The standard InChI is InChI=1S/C15H14ClN5O2/c1-20(2)8-7-11-18-14-12(15(22)23-11)13(17)19-21(14)10-5-3-9(16)4-6-10/h3-8H,1-2H3,(H2,17,19)/b8-7+. The fraction of sp³-hybridized carbons (Fsp3) is 0.133. The van der Waals surface area contributed by atoms with Gasteiger partial charge in [-0.25, -0.2) is 9.48 Å². The Hall–Kier alpha value is -2.80. The molecule has 23 heavy (non-hydrogen) atoms. The normalized spacial score (nSPS) is 11.4. The summed E-state index contributed by atoms with van der Waals surface area (Å²) in [6, 6.07) is 6.97. The first-order valence-corrected chi connectivity index (χ1v) is 7.13. The molecule has 0 spiro atoms. The molecule has 0 aliphatic rings. The third-order valence-electron chi connectivity index (χ3n) is 3.09. The number of anilines is 1. The van der Waals surface area contributed by atoms with Gasteiger partial charge in [-0.1, -0.05) is 11.6 Å². The Morgan fingerprint density at radius 2 is 2.00 bits per heavy atom. The van der Waals surface area contributed by atoms with Crippen molar-refractivity contribution in [1.82, 2.24) is 19.7 Å². The van der Waals surface area contributed by atoms with Crippen molar-refractivity contribution in [3.8, 4) is 5.69 Å². The maximum absolute atomic E-state index is 12.2. The zero-order valence-electron chi connectivity index (χ0n) is 12.5. The Morgan fingerprint density at radius 1 is 1.30 bits per heavy atom. The van der Waals surface area contributed by atoms with Gasteiger partial charge < -0.3 is 15.1 Å². The molecule has 2 aromatic heterocycles. The maximum atomic E-state index is 12.2. The van der Waals surface area contributed by atoms with Crippen molar-refractivity contribution in [2.75, 3.05) is 19.8 Å². The summed E-state index contributed by atoms with van der Waals surface area (Å²) in [5.74, 6) is 0.241. The summed E-state index contributed by atoms with van der Waals surface area (Å²) in [6.07, 6.45) is 3.32. The van der Waals surface area contributed by atoms with E-state index in [1.54, 1.807) is 41.4 Å². The number of rotatable bonds is 3. The Balaban J connectivity index is 2.23. The average Bonchev–Trinajstić information content (AvgIpc) is 2.83. The van der Waals surface area contributed by atoms with Gasteiger partial charge in [-0.05, 0) is 24.3 Å². The molecule has 0 atom stereocenters. The van der Waals surface area contributed by atoms with E-state index >= 15 is 0 Å². The summed E-state index contributed by atoms with van der Waals surface area (Å²) < 4.78 is 6.65. The number of nitrogens with zero attached hydrogens (tertiary/aromatic N) is 4. The molecule has 8 heteroatoms. The van der Waals surface area contributed by atoms with E-state index < -0.39 is 5.63 Å². The molecule has 0 saturated heterocycles. The molecule has 2 heterocycles. The second kappa shape index (κ2) is 5.77. The van der Waals surface area contributed by atoms with E-state index in [-0.39, 0.29) is 17.1 Å². The van der Waals surface area contributed by atoms with Crippen LogP contribution in [0.25, 0.3) is 22.8 Å². The molecule has 2 N–H and O–H groups in total. The molecule has 0 aliphatic carbocycles. The van der Waals surface area contributed by atoms with Crippen LogP contribution in [0.2, 0.25) is 5.02 Å². The molecular formula is C15H14ClN5O2. The molecule has 7 nitrogen and oxygen atoms in total. The first-order chi connectivity index (χ1) is 11.0. The lowest BCUT2D eigenvalue weighted by atomic mass is 10.3. The molecule has 0 radical (unpaired) electrons. The van der Waals surface area contributed by atoms with Crippen LogP contribution in [0.3, 0.4) is 0 Å². The molecule has 3 aromatic rings. The van der Waals surface area contributed by atoms with Gasteiger partial charge in [0.2, 0.25) is 5.89 Å². The maximum Gasteiger partial charge on any atom is 0.352 e. The van der Waals surface area contributed by atoms with Crippen LogP contribution < -0.4 is 11.4 Å². The van der Waals surface area contributed by atoms with Gasteiger partial charge in [-0.15, -0.1) is 5.10 Å². The molecular weight excluding hydrogens is 318 g/mol. The Labute approximate surface area is 136 Å². The number of hydrogen-bond acceptors (Lipinski definition) is 6. The van der Waals surface area contributed by atoms with E-state index in [0.717, 1.165) is 0 Å². The zero-order chi connectivity index (χ0) is 16.6. The smallest absolute Gasteiger partial charge is 0.352 e. The van der Waals surface area contributed by atoms with Gasteiger partial charge in [0.25, 0.3) is 0 Å². The second-order valence-electron chi connectivity index (χ2n) is 5.09. The number of nitrogen functional groups attached to an aromatic ring is 1. The van der Waals surface area contributed by atoms with E-state index in [9.17, 15) is 4.79 Å². The fourth-order valence-electron chi connectivity index (χ4n) is 2.04. The van der Waals surface area contributed by atoms with E-state index in [1.807, 2.05) is 14.1 Å². The van der Waals surface area contributed by atoms with E-state index in [0.29, 0.717) is 16.4 Å². The van der Waals surface area contributed by atoms with Crippen LogP contribution >= 0.6 is 11.6 Å². The van der Waals surface area contributed by atoms with Gasteiger partial charge in [-0.3, -0.25) is 0 Å². The molecule has 0 unspecified atom stereocenters. The van der Waals surface area contributed by atoms with Crippen molar-refractivity contribution in [2.45, 2.75) is 0 Å². The van der Waals surface area contributed by atoms with Gasteiger partial charge in [0.1, 0.15) is 5.39 Å². The topological polar surface area (TPSA) is 90.2 Å². The molecule has 0 fully saturated rings. The third-order valence-corrected chi connectivity index (χ3v) is 3.34. The number of nitrogens with two attached hydrogens (primary N) is 1. The van der Waals surface area contributed by atoms with Gasteiger partial charge in [0.15, 0.2) is 11.5 Å². The number of benzene rings is 1. The van der Waals surface area contributed by atoms with Crippen molar-refractivity contribution in [3.05, 3.63) is 51.8 Å². The first kappa shape index (κ1) is 15.1. The minimum Gasteiger partial charge on any atom is -0.404 e. The number of halogens is 1. The van der Waals surface area contributed by atoms with Gasteiger partial charge >= 0.3 is 5.63 Å². The summed E-state index contributed by atoms with van der Waals surface area (Å²) in [4.78, 5) is 18.3. The predicted molar refractivity (Wildman–Crippen MR) is 89.5 cm³/mol. The predicted octanol–water partition coefficient (Wildman–Crippen LogP) is 2.14.